The van der Waals surface area contributed by atoms with Crippen molar-refractivity contribution in [3.05, 3.63) is 36.5 Å². The first-order chi connectivity index (χ1) is 10.6. The van der Waals surface area contributed by atoms with Gasteiger partial charge in [0, 0.05) is 31.9 Å². The van der Waals surface area contributed by atoms with E-state index in [-0.39, 0.29) is 5.91 Å². The lowest BCUT2D eigenvalue weighted by Gasteiger charge is -2.28. The molecule has 1 N–H and O–H groups in total. The lowest BCUT2D eigenvalue weighted by molar-refractivity contribution is -0.132. The third kappa shape index (κ3) is 3.18. The van der Waals surface area contributed by atoms with E-state index in [2.05, 4.69) is 15.3 Å². The van der Waals surface area contributed by atoms with Gasteiger partial charge in [0.1, 0.15) is 6.10 Å². The molecule has 1 aromatic heterocycles. The smallest absolute Gasteiger partial charge is 0.256 e. The second kappa shape index (κ2) is 6.29. The van der Waals surface area contributed by atoms with Crippen molar-refractivity contribution in [1.82, 2.24) is 14.7 Å². The molecule has 0 saturated carbocycles. The molecule has 1 aliphatic heterocycles. The van der Waals surface area contributed by atoms with Gasteiger partial charge in [0.15, 0.2) is 5.82 Å². The summed E-state index contributed by atoms with van der Waals surface area (Å²) < 4.78 is 7.25. The Morgan fingerprint density at radius 1 is 1.32 bits per heavy atom. The van der Waals surface area contributed by atoms with Crippen LogP contribution in [0.2, 0.25) is 0 Å². The van der Waals surface area contributed by atoms with Crippen LogP contribution in [0.4, 0.5) is 5.82 Å². The van der Waals surface area contributed by atoms with E-state index in [4.69, 9.17) is 4.74 Å². The van der Waals surface area contributed by atoms with Crippen LogP contribution < -0.4 is 5.32 Å². The second-order valence-electron chi connectivity index (χ2n) is 5.54. The lowest BCUT2D eigenvalue weighted by Crippen LogP contribution is -2.46. The normalized spacial score (nSPS) is 19.1. The SMILES string of the molecule is CN1CCO[C@@H](C(=O)Nc2nn(C)cc2-c2ccccc2)C1. The molecular formula is C16H20N4O2. The minimum atomic E-state index is -0.454. The Kier molecular flexibility index (Phi) is 4.22. The van der Waals surface area contributed by atoms with Crippen molar-refractivity contribution in [3.8, 4) is 11.1 Å². The first-order valence-corrected chi connectivity index (χ1v) is 7.33. The second-order valence-corrected chi connectivity index (χ2v) is 5.54. The van der Waals surface area contributed by atoms with E-state index in [1.54, 1.807) is 4.68 Å². The highest BCUT2D eigenvalue weighted by atomic mass is 16.5. The predicted molar refractivity (Wildman–Crippen MR) is 84.5 cm³/mol. The van der Waals surface area contributed by atoms with E-state index in [9.17, 15) is 4.79 Å². The first-order valence-electron chi connectivity index (χ1n) is 7.33. The van der Waals surface area contributed by atoms with Gasteiger partial charge in [0.2, 0.25) is 0 Å². The molecule has 2 aromatic rings. The van der Waals surface area contributed by atoms with E-state index in [1.807, 2.05) is 50.6 Å². The van der Waals surface area contributed by atoms with Crippen molar-refractivity contribution in [3.63, 3.8) is 0 Å². The summed E-state index contributed by atoms with van der Waals surface area (Å²) in [5.41, 5.74) is 1.92. The van der Waals surface area contributed by atoms with Gasteiger partial charge < -0.3 is 15.0 Å². The van der Waals surface area contributed by atoms with Crippen LogP contribution in [0.15, 0.2) is 36.5 Å². The standard InChI is InChI=1S/C16H20N4O2/c1-19-8-9-22-14(11-19)16(21)17-15-13(10-20(2)18-15)12-6-4-3-5-7-12/h3-7,10,14H,8-9,11H2,1-2H3,(H,17,18,21)/t14-/m1/s1. The molecule has 1 amide bonds. The molecule has 116 valence electrons. The van der Waals surface area contributed by atoms with Gasteiger partial charge in [-0.3, -0.25) is 9.48 Å². The summed E-state index contributed by atoms with van der Waals surface area (Å²) in [6.45, 7) is 2.02. The number of ether oxygens (including phenoxy) is 1. The number of carbonyl (C=O) groups is 1. The molecule has 22 heavy (non-hydrogen) atoms. The lowest BCUT2D eigenvalue weighted by atomic mass is 10.1. The minimum absolute atomic E-state index is 0.151. The van der Waals surface area contributed by atoms with E-state index in [0.29, 0.717) is 19.0 Å². The van der Waals surface area contributed by atoms with Gasteiger partial charge in [-0.1, -0.05) is 30.3 Å². The van der Waals surface area contributed by atoms with Crippen LogP contribution in [0, 0.1) is 0 Å². The van der Waals surface area contributed by atoms with Crippen LogP contribution in [0.3, 0.4) is 0 Å². The predicted octanol–water partition coefficient (Wildman–Crippen LogP) is 1.36. The average molecular weight is 300 g/mol. The van der Waals surface area contributed by atoms with Crippen LogP contribution in [-0.4, -0.2) is 53.4 Å². The Morgan fingerprint density at radius 3 is 2.82 bits per heavy atom. The van der Waals surface area contributed by atoms with Crippen molar-refractivity contribution in [2.75, 3.05) is 32.1 Å². The van der Waals surface area contributed by atoms with Crippen molar-refractivity contribution in [2.24, 2.45) is 7.05 Å². The molecule has 1 atom stereocenters. The van der Waals surface area contributed by atoms with E-state index in [0.717, 1.165) is 17.7 Å². The monoisotopic (exact) mass is 300 g/mol. The molecule has 1 saturated heterocycles. The molecule has 1 aliphatic rings. The summed E-state index contributed by atoms with van der Waals surface area (Å²) in [7, 11) is 3.83. The van der Waals surface area contributed by atoms with E-state index >= 15 is 0 Å². The number of benzene rings is 1. The van der Waals surface area contributed by atoms with E-state index < -0.39 is 6.10 Å². The molecular weight excluding hydrogens is 280 g/mol. The zero-order valence-corrected chi connectivity index (χ0v) is 12.8. The average Bonchev–Trinajstić information content (AvgIpc) is 2.88. The fraction of sp³-hybridized carbons (Fsp3) is 0.375. The van der Waals surface area contributed by atoms with Crippen LogP contribution in [0.1, 0.15) is 0 Å². The summed E-state index contributed by atoms with van der Waals surface area (Å²) in [5, 5.41) is 7.25. The van der Waals surface area contributed by atoms with Crippen LogP contribution in [-0.2, 0) is 16.6 Å². The number of carbonyl (C=O) groups excluding carboxylic acids is 1. The number of nitrogens with one attached hydrogen (secondary N) is 1. The van der Waals surface area contributed by atoms with Gasteiger partial charge >= 0.3 is 0 Å². The summed E-state index contributed by atoms with van der Waals surface area (Å²) in [5.74, 6) is 0.415. The molecule has 0 radical (unpaired) electrons. The van der Waals surface area contributed by atoms with Gasteiger partial charge in [-0.15, -0.1) is 0 Å². The summed E-state index contributed by atoms with van der Waals surface area (Å²) in [6, 6.07) is 9.89. The number of aryl methyl sites for hydroxylation is 1. The third-order valence-corrected chi connectivity index (χ3v) is 3.72. The van der Waals surface area contributed by atoms with Gasteiger partial charge in [-0.25, -0.2) is 0 Å². The summed E-state index contributed by atoms with van der Waals surface area (Å²) in [6.07, 6.45) is 1.45. The maximum atomic E-state index is 12.4. The molecule has 6 heteroatoms. The molecule has 3 rings (SSSR count). The summed E-state index contributed by atoms with van der Waals surface area (Å²) in [4.78, 5) is 14.5. The highest BCUT2D eigenvalue weighted by Gasteiger charge is 2.26. The third-order valence-electron chi connectivity index (χ3n) is 3.72. The van der Waals surface area contributed by atoms with Gasteiger partial charge in [-0.2, -0.15) is 5.10 Å². The molecule has 0 bridgehead atoms. The zero-order chi connectivity index (χ0) is 15.5. The highest BCUT2D eigenvalue weighted by molar-refractivity contribution is 5.96. The molecule has 6 nitrogen and oxygen atoms in total. The number of nitrogens with zero attached hydrogens (tertiary/aromatic N) is 3. The number of hydrogen-bond donors (Lipinski definition) is 1. The van der Waals surface area contributed by atoms with Crippen LogP contribution >= 0.6 is 0 Å². The molecule has 0 aliphatic carbocycles. The number of aromatic nitrogens is 2. The number of amides is 1. The Hall–Kier alpha value is -2.18. The van der Waals surface area contributed by atoms with Crippen LogP contribution in [0.5, 0.6) is 0 Å². The number of rotatable bonds is 3. The summed E-state index contributed by atoms with van der Waals surface area (Å²) >= 11 is 0. The molecule has 1 aromatic carbocycles. The molecule has 0 unspecified atom stereocenters. The molecule has 0 spiro atoms. The highest BCUT2D eigenvalue weighted by Crippen LogP contribution is 2.26. The fourth-order valence-corrected chi connectivity index (χ4v) is 2.54. The van der Waals surface area contributed by atoms with Crippen molar-refractivity contribution in [1.29, 1.82) is 0 Å². The van der Waals surface area contributed by atoms with Crippen LogP contribution in [0.25, 0.3) is 11.1 Å². The maximum absolute atomic E-state index is 12.4. The number of morpholine rings is 1. The van der Waals surface area contributed by atoms with Crippen molar-refractivity contribution >= 4 is 11.7 Å². The Morgan fingerprint density at radius 2 is 2.09 bits per heavy atom. The Balaban J connectivity index is 1.79. The first kappa shape index (κ1) is 14.7. The van der Waals surface area contributed by atoms with Crippen molar-refractivity contribution < 1.29 is 9.53 Å². The largest absolute Gasteiger partial charge is 0.366 e. The molecule has 2 heterocycles. The maximum Gasteiger partial charge on any atom is 0.256 e. The Bertz CT molecular complexity index is 653. The minimum Gasteiger partial charge on any atom is -0.366 e. The number of hydrogen-bond acceptors (Lipinski definition) is 4. The Labute approximate surface area is 129 Å². The van der Waals surface area contributed by atoms with Crippen molar-refractivity contribution in [2.45, 2.75) is 6.10 Å². The number of anilines is 1. The number of likely N-dealkylation sites (N-methyl/N-ethyl adjacent to an activating group) is 1. The van der Waals surface area contributed by atoms with E-state index in [1.165, 1.54) is 0 Å². The molecule has 1 fully saturated rings. The topological polar surface area (TPSA) is 59.4 Å². The zero-order valence-electron chi connectivity index (χ0n) is 12.8. The fourth-order valence-electron chi connectivity index (χ4n) is 2.54. The van der Waals surface area contributed by atoms with Gasteiger partial charge in [-0.05, 0) is 12.6 Å². The van der Waals surface area contributed by atoms with Gasteiger partial charge in [0.05, 0.1) is 6.61 Å². The van der Waals surface area contributed by atoms with Gasteiger partial charge in [0.25, 0.3) is 5.91 Å². The quantitative estimate of drug-likeness (QED) is 0.930.